The maximum atomic E-state index is 13.7. The van der Waals surface area contributed by atoms with Crippen LogP contribution in [0.4, 0.5) is 4.39 Å². The van der Waals surface area contributed by atoms with Crippen molar-refractivity contribution in [2.45, 2.75) is 96.5 Å². The Morgan fingerprint density at radius 2 is 1.85 bits per heavy atom. The SMILES string of the molecule is CCCOC1=CC(CC2CC3(CC(C4CCC(C)(C(=O)O)CC4)=NO3)C2)CC(C2CC2)=C1c1ccc(F)cc1. The topological polar surface area (TPSA) is 68.1 Å². The van der Waals surface area contributed by atoms with Crippen LogP contribution in [-0.4, -0.2) is 29.0 Å². The van der Waals surface area contributed by atoms with Gasteiger partial charge in [0, 0.05) is 17.9 Å². The highest BCUT2D eigenvalue weighted by molar-refractivity contribution is 5.89. The van der Waals surface area contributed by atoms with Crippen LogP contribution in [0.5, 0.6) is 0 Å². The van der Waals surface area contributed by atoms with Gasteiger partial charge in [-0.05, 0) is 119 Å². The van der Waals surface area contributed by atoms with Gasteiger partial charge in [-0.1, -0.05) is 29.8 Å². The molecule has 3 fully saturated rings. The van der Waals surface area contributed by atoms with Crippen molar-refractivity contribution >= 4 is 17.3 Å². The highest BCUT2D eigenvalue weighted by Gasteiger charge is 2.52. The number of oxime groups is 1. The average molecular weight is 536 g/mol. The molecule has 0 radical (unpaired) electrons. The van der Waals surface area contributed by atoms with Gasteiger partial charge >= 0.3 is 5.97 Å². The number of rotatable bonds is 9. The van der Waals surface area contributed by atoms with Crippen molar-refractivity contribution in [3.8, 4) is 0 Å². The van der Waals surface area contributed by atoms with E-state index in [2.05, 4.69) is 18.2 Å². The number of hydrogen-bond donors (Lipinski definition) is 1. The molecule has 0 saturated heterocycles. The van der Waals surface area contributed by atoms with E-state index in [4.69, 9.17) is 9.57 Å². The molecule has 1 atom stereocenters. The first-order valence-electron chi connectivity index (χ1n) is 15.1. The maximum absolute atomic E-state index is 13.7. The second kappa shape index (κ2) is 10.4. The van der Waals surface area contributed by atoms with E-state index in [9.17, 15) is 14.3 Å². The Labute approximate surface area is 231 Å². The quantitative estimate of drug-likeness (QED) is 0.349. The Balaban J connectivity index is 1.08. The second-order valence-corrected chi connectivity index (χ2v) is 13.2. The van der Waals surface area contributed by atoms with E-state index in [1.165, 1.54) is 24.0 Å². The number of benzene rings is 1. The molecule has 5 nitrogen and oxygen atoms in total. The summed E-state index contributed by atoms with van der Waals surface area (Å²) in [6.07, 6.45) is 14.2. The molecule has 0 amide bonds. The zero-order chi connectivity index (χ0) is 27.2. The molecule has 0 aromatic heterocycles. The van der Waals surface area contributed by atoms with Gasteiger partial charge < -0.3 is 14.7 Å². The molecule has 5 aliphatic rings. The molecule has 1 aromatic carbocycles. The molecule has 1 unspecified atom stereocenters. The van der Waals surface area contributed by atoms with Gasteiger partial charge in [-0.25, -0.2) is 4.39 Å². The van der Waals surface area contributed by atoms with Crippen molar-refractivity contribution in [3.05, 3.63) is 53.1 Å². The fraction of sp³-hybridized carbons (Fsp3) is 0.636. The monoisotopic (exact) mass is 535 g/mol. The van der Waals surface area contributed by atoms with Gasteiger partial charge in [-0.15, -0.1) is 0 Å². The lowest BCUT2D eigenvalue weighted by Crippen LogP contribution is -2.45. The van der Waals surface area contributed by atoms with Gasteiger partial charge in [-0.2, -0.15) is 0 Å². The summed E-state index contributed by atoms with van der Waals surface area (Å²) in [4.78, 5) is 17.7. The first-order chi connectivity index (χ1) is 18.8. The van der Waals surface area contributed by atoms with Crippen LogP contribution in [0.3, 0.4) is 0 Å². The van der Waals surface area contributed by atoms with Crippen LogP contribution < -0.4 is 0 Å². The summed E-state index contributed by atoms with van der Waals surface area (Å²) in [7, 11) is 0. The lowest BCUT2D eigenvalue weighted by atomic mass is 9.63. The zero-order valence-corrected chi connectivity index (χ0v) is 23.4. The van der Waals surface area contributed by atoms with E-state index in [-0.39, 0.29) is 11.4 Å². The predicted octanol–water partition coefficient (Wildman–Crippen LogP) is 7.92. The van der Waals surface area contributed by atoms with Crippen molar-refractivity contribution in [2.75, 3.05) is 6.61 Å². The van der Waals surface area contributed by atoms with Crippen molar-refractivity contribution in [1.29, 1.82) is 0 Å². The van der Waals surface area contributed by atoms with Crippen LogP contribution in [0.1, 0.15) is 96.5 Å². The number of aliphatic carboxylic acids is 1. The van der Waals surface area contributed by atoms with E-state index in [0.29, 0.717) is 30.3 Å². The molecule has 1 N–H and O–H groups in total. The molecule has 6 heteroatoms. The van der Waals surface area contributed by atoms with Crippen molar-refractivity contribution in [2.24, 2.45) is 34.2 Å². The Morgan fingerprint density at radius 1 is 1.13 bits per heavy atom. The van der Waals surface area contributed by atoms with E-state index in [0.717, 1.165) is 81.2 Å². The van der Waals surface area contributed by atoms with Crippen LogP contribution in [0, 0.1) is 34.9 Å². The molecule has 1 aliphatic heterocycles. The van der Waals surface area contributed by atoms with Gasteiger partial charge in [0.1, 0.15) is 17.2 Å². The molecule has 1 aromatic rings. The zero-order valence-electron chi connectivity index (χ0n) is 23.4. The lowest BCUT2D eigenvalue weighted by molar-refractivity contribution is -0.150. The van der Waals surface area contributed by atoms with Crippen molar-refractivity contribution in [3.63, 3.8) is 0 Å². The van der Waals surface area contributed by atoms with Crippen LogP contribution in [0.15, 0.2) is 46.8 Å². The third-order valence-corrected chi connectivity index (χ3v) is 10.00. The van der Waals surface area contributed by atoms with E-state index < -0.39 is 11.4 Å². The summed E-state index contributed by atoms with van der Waals surface area (Å²) in [6.45, 7) is 4.70. The Hall–Kier alpha value is -2.63. The van der Waals surface area contributed by atoms with E-state index >= 15 is 0 Å². The Kier molecular flexibility index (Phi) is 7.09. The molecule has 6 rings (SSSR count). The number of carbonyl (C=O) groups is 1. The van der Waals surface area contributed by atoms with Gasteiger partial charge in [0.2, 0.25) is 0 Å². The summed E-state index contributed by atoms with van der Waals surface area (Å²) in [5.41, 5.74) is 4.21. The normalized spacial score (nSPS) is 34.3. The molecule has 3 saturated carbocycles. The number of carboxylic acids is 1. The summed E-state index contributed by atoms with van der Waals surface area (Å²) in [5.74, 6) is 2.17. The van der Waals surface area contributed by atoms with Crippen LogP contribution in [-0.2, 0) is 14.4 Å². The number of allylic oxidation sites excluding steroid dienone is 3. The second-order valence-electron chi connectivity index (χ2n) is 13.2. The molecule has 1 heterocycles. The van der Waals surface area contributed by atoms with Gasteiger partial charge in [-0.3, -0.25) is 4.79 Å². The van der Waals surface area contributed by atoms with E-state index in [1.807, 2.05) is 19.1 Å². The van der Waals surface area contributed by atoms with Crippen LogP contribution in [0.25, 0.3) is 5.57 Å². The van der Waals surface area contributed by atoms with Crippen LogP contribution >= 0.6 is 0 Å². The lowest BCUT2D eigenvalue weighted by Gasteiger charge is -2.44. The molecule has 210 valence electrons. The summed E-state index contributed by atoms with van der Waals surface area (Å²) in [6, 6.07) is 6.91. The number of halogens is 1. The van der Waals surface area contributed by atoms with Crippen LogP contribution in [0.2, 0.25) is 0 Å². The molecule has 0 bridgehead atoms. The number of carboxylic acid groups (broad SMARTS) is 1. The molecular weight excluding hydrogens is 493 g/mol. The fourth-order valence-corrected chi connectivity index (χ4v) is 7.51. The molecule has 4 aliphatic carbocycles. The minimum absolute atomic E-state index is 0.137. The Morgan fingerprint density at radius 3 is 2.49 bits per heavy atom. The van der Waals surface area contributed by atoms with E-state index in [1.54, 1.807) is 12.1 Å². The fourth-order valence-electron chi connectivity index (χ4n) is 7.51. The highest BCUT2D eigenvalue weighted by Crippen LogP contribution is 2.54. The average Bonchev–Trinajstić information content (AvgIpc) is 3.66. The maximum Gasteiger partial charge on any atom is 0.309 e. The largest absolute Gasteiger partial charge is 0.493 e. The molecule has 39 heavy (non-hydrogen) atoms. The summed E-state index contributed by atoms with van der Waals surface area (Å²) >= 11 is 0. The smallest absolute Gasteiger partial charge is 0.309 e. The highest BCUT2D eigenvalue weighted by atomic mass is 19.1. The van der Waals surface area contributed by atoms with Gasteiger partial charge in [0.05, 0.1) is 17.7 Å². The minimum atomic E-state index is -0.673. The van der Waals surface area contributed by atoms with Gasteiger partial charge in [0.15, 0.2) is 0 Å². The van der Waals surface area contributed by atoms with Crippen molar-refractivity contribution < 1.29 is 23.9 Å². The first-order valence-corrected chi connectivity index (χ1v) is 15.1. The first kappa shape index (κ1) is 26.6. The van der Waals surface area contributed by atoms with Crippen molar-refractivity contribution in [1.82, 2.24) is 0 Å². The Bertz CT molecular complexity index is 1180. The number of ether oxygens (including phenoxy) is 1. The molecule has 1 spiro atoms. The van der Waals surface area contributed by atoms with Gasteiger partial charge in [0.25, 0.3) is 0 Å². The standard InChI is InChI=1S/C33H42FNO4/c1-3-14-38-29-17-21(16-27(23-4-5-23)30(29)25-6-8-26(34)9-7-25)15-22-18-33(19-22)20-28(35-39-33)24-10-12-32(2,13-11-24)31(36)37/h6-9,17,21-24H,3-5,10-16,18-20H2,1-2H3,(H,36,37). The third kappa shape index (κ3) is 5.40. The third-order valence-electron chi connectivity index (χ3n) is 10.00. The molecular formula is C33H42FNO4. The predicted molar refractivity (Wildman–Crippen MR) is 149 cm³/mol. The number of nitrogens with zero attached hydrogens (tertiary/aromatic N) is 1. The summed E-state index contributed by atoms with van der Waals surface area (Å²) in [5, 5.41) is 14.1. The minimum Gasteiger partial charge on any atom is -0.493 e. The summed E-state index contributed by atoms with van der Waals surface area (Å²) < 4.78 is 20.0. The number of hydrogen-bond acceptors (Lipinski definition) is 4.